The molecule has 0 unspecified atom stereocenters. The Kier molecular flexibility index (Phi) is 10.3. The van der Waals surface area contributed by atoms with Crippen LogP contribution in [0.3, 0.4) is 0 Å². The number of hydrogen-bond acceptors (Lipinski definition) is 1. The third kappa shape index (κ3) is 9.81. The van der Waals surface area contributed by atoms with Crippen LogP contribution in [0.1, 0.15) is 64.7 Å². The Bertz CT molecular complexity index is 171. The van der Waals surface area contributed by atoms with E-state index in [-0.39, 0.29) is 0 Å². The van der Waals surface area contributed by atoms with E-state index in [9.17, 15) is 4.79 Å². The van der Waals surface area contributed by atoms with E-state index in [1.807, 2.05) is 0 Å². The fourth-order valence-corrected chi connectivity index (χ4v) is 1.76. The van der Waals surface area contributed by atoms with Gasteiger partial charge in [0.05, 0.1) is 0 Å². The molecular weight excluding hydrogens is 202 g/mol. The van der Waals surface area contributed by atoms with Gasteiger partial charge in [-0.1, -0.05) is 58.3 Å². The van der Waals surface area contributed by atoms with Gasteiger partial charge in [-0.05, 0) is 6.42 Å². The van der Waals surface area contributed by atoms with Gasteiger partial charge in [-0.3, -0.25) is 0 Å². The smallest absolute Gasteiger partial charge is 0.407 e. The lowest BCUT2D eigenvalue weighted by Gasteiger charge is -2.11. The number of rotatable bonds is 10. The molecule has 0 aliphatic carbocycles. The Hall–Kier alpha value is -0.730. The van der Waals surface area contributed by atoms with Gasteiger partial charge in [0, 0.05) is 13.6 Å². The number of carbonyl (C=O) groups is 1. The number of amides is 1. The van der Waals surface area contributed by atoms with Gasteiger partial charge in [-0.2, -0.15) is 0 Å². The topological polar surface area (TPSA) is 40.5 Å². The van der Waals surface area contributed by atoms with Crippen molar-refractivity contribution in [3.63, 3.8) is 0 Å². The highest BCUT2D eigenvalue weighted by Gasteiger charge is 2.03. The van der Waals surface area contributed by atoms with E-state index in [0.29, 0.717) is 6.54 Å². The zero-order chi connectivity index (χ0) is 12.2. The van der Waals surface area contributed by atoms with Crippen molar-refractivity contribution in [1.29, 1.82) is 0 Å². The monoisotopic (exact) mass is 229 g/mol. The summed E-state index contributed by atoms with van der Waals surface area (Å²) < 4.78 is 0. The summed E-state index contributed by atoms with van der Waals surface area (Å²) in [4.78, 5) is 11.9. The largest absolute Gasteiger partial charge is 0.465 e. The van der Waals surface area contributed by atoms with Crippen molar-refractivity contribution >= 4 is 6.09 Å². The van der Waals surface area contributed by atoms with E-state index in [2.05, 4.69) is 6.92 Å². The molecule has 0 aromatic heterocycles. The summed E-state index contributed by atoms with van der Waals surface area (Å²) in [6.07, 6.45) is 10.6. The molecule has 0 aliphatic rings. The quantitative estimate of drug-likeness (QED) is 0.572. The molecule has 1 amide bonds. The molecule has 0 bridgehead atoms. The summed E-state index contributed by atoms with van der Waals surface area (Å²) in [6, 6.07) is 0. The van der Waals surface area contributed by atoms with Crippen molar-refractivity contribution < 1.29 is 9.90 Å². The molecule has 3 nitrogen and oxygen atoms in total. The molecule has 0 spiro atoms. The van der Waals surface area contributed by atoms with Crippen LogP contribution in [-0.2, 0) is 0 Å². The molecule has 0 rings (SSSR count). The molecule has 0 heterocycles. The van der Waals surface area contributed by atoms with Gasteiger partial charge < -0.3 is 10.0 Å². The Morgan fingerprint density at radius 3 is 1.81 bits per heavy atom. The third-order valence-electron chi connectivity index (χ3n) is 2.92. The number of carboxylic acid groups (broad SMARTS) is 1. The van der Waals surface area contributed by atoms with Crippen molar-refractivity contribution in [3.05, 3.63) is 0 Å². The molecule has 0 aliphatic heterocycles. The van der Waals surface area contributed by atoms with Crippen molar-refractivity contribution in [2.24, 2.45) is 0 Å². The van der Waals surface area contributed by atoms with Crippen LogP contribution in [0.5, 0.6) is 0 Å². The zero-order valence-electron chi connectivity index (χ0n) is 10.9. The second kappa shape index (κ2) is 10.8. The van der Waals surface area contributed by atoms with Crippen LogP contribution in [-0.4, -0.2) is 29.7 Å². The molecule has 0 saturated heterocycles. The predicted molar refractivity (Wildman–Crippen MR) is 67.9 cm³/mol. The lowest BCUT2D eigenvalue weighted by Crippen LogP contribution is -2.25. The molecule has 0 aromatic rings. The van der Waals surface area contributed by atoms with Crippen LogP contribution >= 0.6 is 0 Å². The molecule has 0 saturated carbocycles. The molecule has 0 fully saturated rings. The van der Waals surface area contributed by atoms with Gasteiger partial charge in [-0.25, -0.2) is 4.79 Å². The molecule has 0 radical (unpaired) electrons. The van der Waals surface area contributed by atoms with Crippen LogP contribution in [0.4, 0.5) is 4.79 Å². The van der Waals surface area contributed by atoms with Gasteiger partial charge in [0.15, 0.2) is 0 Å². The van der Waals surface area contributed by atoms with Gasteiger partial charge in [0.2, 0.25) is 0 Å². The van der Waals surface area contributed by atoms with Gasteiger partial charge in [0.1, 0.15) is 0 Å². The molecular formula is C13H27NO2. The van der Waals surface area contributed by atoms with Crippen molar-refractivity contribution in [2.45, 2.75) is 64.7 Å². The van der Waals surface area contributed by atoms with Crippen molar-refractivity contribution in [1.82, 2.24) is 4.90 Å². The highest BCUT2D eigenvalue weighted by atomic mass is 16.4. The van der Waals surface area contributed by atoms with Crippen LogP contribution in [0.25, 0.3) is 0 Å². The minimum Gasteiger partial charge on any atom is -0.465 e. The fourth-order valence-electron chi connectivity index (χ4n) is 1.76. The van der Waals surface area contributed by atoms with E-state index in [0.717, 1.165) is 12.8 Å². The maximum atomic E-state index is 10.5. The summed E-state index contributed by atoms with van der Waals surface area (Å²) >= 11 is 0. The second-order valence-corrected chi connectivity index (χ2v) is 4.53. The normalized spacial score (nSPS) is 10.4. The Morgan fingerprint density at radius 1 is 0.938 bits per heavy atom. The highest BCUT2D eigenvalue weighted by molar-refractivity contribution is 5.64. The Morgan fingerprint density at radius 2 is 1.38 bits per heavy atom. The summed E-state index contributed by atoms with van der Waals surface area (Å²) in [7, 11) is 1.63. The fraction of sp³-hybridized carbons (Fsp3) is 0.923. The number of unbranched alkanes of at least 4 members (excludes halogenated alkanes) is 8. The average molecular weight is 229 g/mol. The summed E-state index contributed by atoms with van der Waals surface area (Å²) in [6.45, 7) is 2.91. The van der Waals surface area contributed by atoms with Gasteiger partial charge in [-0.15, -0.1) is 0 Å². The Labute approximate surface area is 99.8 Å². The number of nitrogens with zero attached hydrogens (tertiary/aromatic N) is 1. The summed E-state index contributed by atoms with van der Waals surface area (Å²) in [5.74, 6) is 0. The van der Waals surface area contributed by atoms with E-state index in [1.165, 1.54) is 49.8 Å². The van der Waals surface area contributed by atoms with Gasteiger partial charge in [0.25, 0.3) is 0 Å². The predicted octanol–water partition coefficient (Wildman–Crippen LogP) is 4.13. The summed E-state index contributed by atoms with van der Waals surface area (Å²) in [5.41, 5.74) is 0. The summed E-state index contributed by atoms with van der Waals surface area (Å²) in [5, 5.41) is 8.63. The first-order chi connectivity index (χ1) is 7.68. The molecule has 96 valence electrons. The first-order valence-electron chi connectivity index (χ1n) is 6.62. The second-order valence-electron chi connectivity index (χ2n) is 4.53. The highest BCUT2D eigenvalue weighted by Crippen LogP contribution is 2.09. The van der Waals surface area contributed by atoms with E-state index < -0.39 is 6.09 Å². The van der Waals surface area contributed by atoms with Crippen LogP contribution in [0, 0.1) is 0 Å². The lowest BCUT2D eigenvalue weighted by atomic mass is 10.1. The first-order valence-corrected chi connectivity index (χ1v) is 6.62. The standard InChI is InChI=1S/C13H27NO2/c1-3-4-5-6-7-8-9-10-11-12-14(2)13(15)16/h3-12H2,1-2H3,(H,15,16). The molecule has 0 aromatic carbocycles. The molecule has 16 heavy (non-hydrogen) atoms. The van der Waals surface area contributed by atoms with Crippen LogP contribution in [0.15, 0.2) is 0 Å². The maximum absolute atomic E-state index is 10.5. The van der Waals surface area contributed by atoms with Crippen LogP contribution in [0.2, 0.25) is 0 Å². The molecule has 1 N–H and O–H groups in total. The Balaban J connectivity index is 3.07. The molecule has 0 atom stereocenters. The van der Waals surface area contributed by atoms with E-state index in [4.69, 9.17) is 5.11 Å². The van der Waals surface area contributed by atoms with Crippen molar-refractivity contribution in [3.8, 4) is 0 Å². The van der Waals surface area contributed by atoms with E-state index in [1.54, 1.807) is 7.05 Å². The third-order valence-corrected chi connectivity index (χ3v) is 2.92. The zero-order valence-corrected chi connectivity index (χ0v) is 10.9. The first kappa shape index (κ1) is 15.3. The van der Waals surface area contributed by atoms with Gasteiger partial charge >= 0.3 is 6.09 Å². The lowest BCUT2D eigenvalue weighted by molar-refractivity contribution is 0.155. The average Bonchev–Trinajstić information content (AvgIpc) is 2.26. The van der Waals surface area contributed by atoms with Crippen LogP contribution < -0.4 is 0 Å². The minimum atomic E-state index is -0.820. The number of hydrogen-bond donors (Lipinski definition) is 1. The SMILES string of the molecule is CCCCCCCCCCCN(C)C(=O)O. The van der Waals surface area contributed by atoms with E-state index >= 15 is 0 Å². The maximum Gasteiger partial charge on any atom is 0.407 e. The van der Waals surface area contributed by atoms with Crippen molar-refractivity contribution in [2.75, 3.05) is 13.6 Å². The molecule has 3 heteroatoms. The minimum absolute atomic E-state index is 0.672.